The van der Waals surface area contributed by atoms with Crippen LogP contribution in [0.4, 0.5) is 0 Å². The van der Waals surface area contributed by atoms with Gasteiger partial charge in [0.1, 0.15) is 5.75 Å². The van der Waals surface area contributed by atoms with Gasteiger partial charge < -0.3 is 10.5 Å². The van der Waals surface area contributed by atoms with E-state index in [2.05, 4.69) is 38.1 Å². The number of aryl methyl sites for hydroxylation is 2. The summed E-state index contributed by atoms with van der Waals surface area (Å²) >= 11 is 0. The maximum absolute atomic E-state index is 6.40. The summed E-state index contributed by atoms with van der Waals surface area (Å²) in [5.74, 6) is 0.907. The number of benzene rings is 2. The summed E-state index contributed by atoms with van der Waals surface area (Å²) in [6, 6.07) is 14.4. The Balaban J connectivity index is 2.28. The minimum Gasteiger partial charge on any atom is -0.496 e. The van der Waals surface area contributed by atoms with Crippen molar-refractivity contribution in [3.63, 3.8) is 0 Å². The van der Waals surface area contributed by atoms with Gasteiger partial charge in [0.05, 0.1) is 7.11 Å². The molecule has 2 heteroatoms. The molecule has 0 aliphatic rings. The van der Waals surface area contributed by atoms with Crippen molar-refractivity contribution < 1.29 is 4.74 Å². The SMILES string of the molecule is COc1ccccc1CC(N)c1c(C)cccc1C. The van der Waals surface area contributed by atoms with E-state index in [1.807, 2.05) is 18.2 Å². The number of methoxy groups -OCH3 is 1. The molecule has 0 saturated heterocycles. The van der Waals surface area contributed by atoms with Crippen molar-refractivity contribution in [1.29, 1.82) is 0 Å². The Morgan fingerprint density at radius 2 is 1.63 bits per heavy atom. The molecule has 19 heavy (non-hydrogen) atoms. The van der Waals surface area contributed by atoms with Gasteiger partial charge in [-0.1, -0.05) is 36.4 Å². The Morgan fingerprint density at radius 1 is 1.00 bits per heavy atom. The normalized spacial score (nSPS) is 12.2. The van der Waals surface area contributed by atoms with Gasteiger partial charge in [0.15, 0.2) is 0 Å². The van der Waals surface area contributed by atoms with Crippen LogP contribution < -0.4 is 10.5 Å². The van der Waals surface area contributed by atoms with Crippen LogP contribution in [0.5, 0.6) is 5.75 Å². The van der Waals surface area contributed by atoms with Crippen LogP contribution in [0.25, 0.3) is 0 Å². The second kappa shape index (κ2) is 5.89. The average Bonchev–Trinajstić information content (AvgIpc) is 2.39. The van der Waals surface area contributed by atoms with E-state index >= 15 is 0 Å². The highest BCUT2D eigenvalue weighted by Gasteiger charge is 2.14. The summed E-state index contributed by atoms with van der Waals surface area (Å²) in [7, 11) is 1.70. The molecule has 0 aliphatic heterocycles. The summed E-state index contributed by atoms with van der Waals surface area (Å²) in [4.78, 5) is 0. The minimum atomic E-state index is -0.00231. The lowest BCUT2D eigenvalue weighted by atomic mass is 9.92. The van der Waals surface area contributed by atoms with Crippen molar-refractivity contribution >= 4 is 0 Å². The minimum absolute atomic E-state index is 0.00231. The molecular formula is C17H21NO. The topological polar surface area (TPSA) is 35.2 Å². The van der Waals surface area contributed by atoms with Crippen LogP contribution >= 0.6 is 0 Å². The van der Waals surface area contributed by atoms with Crippen LogP contribution in [0.3, 0.4) is 0 Å². The zero-order valence-electron chi connectivity index (χ0n) is 11.8. The summed E-state index contributed by atoms with van der Waals surface area (Å²) < 4.78 is 5.39. The Kier molecular flexibility index (Phi) is 4.23. The predicted molar refractivity (Wildman–Crippen MR) is 79.5 cm³/mol. The van der Waals surface area contributed by atoms with Crippen molar-refractivity contribution in [2.45, 2.75) is 26.3 Å². The first-order chi connectivity index (χ1) is 9.13. The number of para-hydroxylation sites is 1. The van der Waals surface area contributed by atoms with Crippen molar-refractivity contribution in [3.8, 4) is 5.75 Å². The van der Waals surface area contributed by atoms with Gasteiger partial charge in [0.2, 0.25) is 0 Å². The fourth-order valence-electron chi connectivity index (χ4n) is 2.62. The van der Waals surface area contributed by atoms with E-state index in [0.717, 1.165) is 17.7 Å². The first-order valence-electron chi connectivity index (χ1n) is 6.57. The van der Waals surface area contributed by atoms with Crippen molar-refractivity contribution in [1.82, 2.24) is 0 Å². The van der Waals surface area contributed by atoms with Crippen LogP contribution in [-0.4, -0.2) is 7.11 Å². The van der Waals surface area contributed by atoms with E-state index in [9.17, 15) is 0 Å². The van der Waals surface area contributed by atoms with Gasteiger partial charge in [0, 0.05) is 6.04 Å². The molecule has 0 saturated carbocycles. The Morgan fingerprint density at radius 3 is 2.26 bits per heavy atom. The first kappa shape index (κ1) is 13.6. The third-order valence-corrected chi connectivity index (χ3v) is 3.55. The van der Waals surface area contributed by atoms with Crippen molar-refractivity contribution in [3.05, 3.63) is 64.7 Å². The first-order valence-corrected chi connectivity index (χ1v) is 6.57. The van der Waals surface area contributed by atoms with Gasteiger partial charge in [-0.2, -0.15) is 0 Å². The van der Waals surface area contributed by atoms with Gasteiger partial charge in [0.25, 0.3) is 0 Å². The molecule has 0 aliphatic carbocycles. The zero-order valence-corrected chi connectivity index (χ0v) is 11.8. The Labute approximate surface area is 115 Å². The molecule has 2 rings (SSSR count). The second-order valence-electron chi connectivity index (χ2n) is 4.93. The van der Waals surface area contributed by atoms with Gasteiger partial charge in [-0.15, -0.1) is 0 Å². The molecule has 0 fully saturated rings. The lowest BCUT2D eigenvalue weighted by Gasteiger charge is -2.18. The molecule has 2 nitrogen and oxygen atoms in total. The molecule has 0 aromatic heterocycles. The van der Waals surface area contributed by atoms with Crippen LogP contribution in [0.15, 0.2) is 42.5 Å². The number of ether oxygens (including phenoxy) is 1. The van der Waals surface area contributed by atoms with Crippen molar-refractivity contribution in [2.24, 2.45) is 5.73 Å². The Bertz CT molecular complexity index is 543. The van der Waals surface area contributed by atoms with Gasteiger partial charge >= 0.3 is 0 Å². The number of hydrogen-bond acceptors (Lipinski definition) is 2. The summed E-state index contributed by atoms with van der Waals surface area (Å²) in [6.45, 7) is 4.23. The van der Waals surface area contributed by atoms with E-state index in [1.54, 1.807) is 7.11 Å². The molecule has 0 heterocycles. The van der Waals surface area contributed by atoms with Gasteiger partial charge in [-0.3, -0.25) is 0 Å². The Hall–Kier alpha value is -1.80. The molecule has 0 spiro atoms. The van der Waals surface area contributed by atoms with Crippen LogP contribution in [0.2, 0.25) is 0 Å². The average molecular weight is 255 g/mol. The fourth-order valence-corrected chi connectivity index (χ4v) is 2.62. The maximum atomic E-state index is 6.40. The lowest BCUT2D eigenvalue weighted by Crippen LogP contribution is -2.16. The van der Waals surface area contributed by atoms with E-state index in [4.69, 9.17) is 10.5 Å². The smallest absolute Gasteiger partial charge is 0.122 e. The van der Waals surface area contributed by atoms with Crippen LogP contribution in [0.1, 0.15) is 28.3 Å². The van der Waals surface area contributed by atoms with E-state index in [1.165, 1.54) is 16.7 Å². The monoisotopic (exact) mass is 255 g/mol. The summed E-state index contributed by atoms with van der Waals surface area (Å²) in [6.07, 6.45) is 0.787. The zero-order chi connectivity index (χ0) is 13.8. The van der Waals surface area contributed by atoms with Gasteiger partial charge in [-0.05, 0) is 48.6 Å². The fraction of sp³-hybridized carbons (Fsp3) is 0.294. The molecule has 2 aromatic rings. The molecule has 0 radical (unpaired) electrons. The molecule has 2 N–H and O–H groups in total. The maximum Gasteiger partial charge on any atom is 0.122 e. The quantitative estimate of drug-likeness (QED) is 0.906. The molecular weight excluding hydrogens is 234 g/mol. The number of rotatable bonds is 4. The number of nitrogens with two attached hydrogens (primary N) is 1. The molecule has 0 amide bonds. The molecule has 1 unspecified atom stereocenters. The van der Waals surface area contributed by atoms with E-state index in [0.29, 0.717) is 0 Å². The number of hydrogen-bond donors (Lipinski definition) is 1. The van der Waals surface area contributed by atoms with Crippen molar-refractivity contribution in [2.75, 3.05) is 7.11 Å². The highest BCUT2D eigenvalue weighted by Crippen LogP contribution is 2.27. The second-order valence-corrected chi connectivity index (χ2v) is 4.93. The third kappa shape index (κ3) is 2.96. The van der Waals surface area contributed by atoms with Crippen LogP contribution in [0, 0.1) is 13.8 Å². The molecule has 2 aromatic carbocycles. The molecule has 100 valence electrons. The van der Waals surface area contributed by atoms with Gasteiger partial charge in [-0.25, -0.2) is 0 Å². The predicted octanol–water partition coefficient (Wildman–Crippen LogP) is 3.55. The highest BCUT2D eigenvalue weighted by atomic mass is 16.5. The molecule has 1 atom stereocenters. The van der Waals surface area contributed by atoms with E-state index in [-0.39, 0.29) is 6.04 Å². The largest absolute Gasteiger partial charge is 0.496 e. The van der Waals surface area contributed by atoms with E-state index < -0.39 is 0 Å². The van der Waals surface area contributed by atoms with Crippen LogP contribution in [-0.2, 0) is 6.42 Å². The summed E-state index contributed by atoms with van der Waals surface area (Å²) in [5.41, 5.74) is 11.3. The molecule has 0 bridgehead atoms. The third-order valence-electron chi connectivity index (χ3n) is 3.55. The lowest BCUT2D eigenvalue weighted by molar-refractivity contribution is 0.408. The summed E-state index contributed by atoms with van der Waals surface area (Å²) in [5, 5.41) is 0. The highest BCUT2D eigenvalue weighted by molar-refractivity contribution is 5.39. The standard InChI is InChI=1S/C17H21NO/c1-12-7-6-8-13(2)17(12)15(18)11-14-9-4-5-10-16(14)19-3/h4-10,15H,11,18H2,1-3H3.